The number of rotatable bonds is 7. The molecule has 2 aromatic heterocycles. The number of nitrogens with two attached hydrogens (primary N) is 1. The van der Waals surface area contributed by atoms with Gasteiger partial charge in [0.05, 0.1) is 35.1 Å². The summed E-state index contributed by atoms with van der Waals surface area (Å²) in [5.74, 6) is -0.548. The van der Waals surface area contributed by atoms with Crippen molar-refractivity contribution in [2.45, 2.75) is 13.5 Å². The highest BCUT2D eigenvalue weighted by atomic mass is 79.9. The van der Waals surface area contributed by atoms with Crippen LogP contribution in [-0.4, -0.2) is 33.6 Å². The number of pyridine rings is 1. The van der Waals surface area contributed by atoms with Crippen molar-refractivity contribution in [3.63, 3.8) is 0 Å². The lowest BCUT2D eigenvalue weighted by molar-refractivity contribution is 0.0963. The van der Waals surface area contributed by atoms with Crippen LogP contribution in [-0.2, 0) is 10.8 Å². The summed E-state index contributed by atoms with van der Waals surface area (Å²) in [6.45, 7) is 1.99. The average Bonchev–Trinajstić information content (AvgIpc) is 3.15. The van der Waals surface area contributed by atoms with Gasteiger partial charge < -0.3 is 10.6 Å². The molecule has 3 aromatic rings. The fourth-order valence-corrected chi connectivity index (χ4v) is 3.69. The molecule has 2 amide bonds. The van der Waals surface area contributed by atoms with Crippen LogP contribution in [0.15, 0.2) is 41.1 Å². The lowest BCUT2D eigenvalue weighted by atomic mass is 10.0. The van der Waals surface area contributed by atoms with E-state index in [1.54, 1.807) is 37.4 Å². The van der Waals surface area contributed by atoms with Gasteiger partial charge in [-0.15, -0.1) is 0 Å². The number of halogens is 2. The Morgan fingerprint density at radius 3 is 2.77 bits per heavy atom. The van der Waals surface area contributed by atoms with Gasteiger partial charge in [0, 0.05) is 19.3 Å². The van der Waals surface area contributed by atoms with E-state index in [0.29, 0.717) is 26.7 Å². The Bertz CT molecular complexity index is 1140. The van der Waals surface area contributed by atoms with Gasteiger partial charge in [-0.1, -0.05) is 17.7 Å². The molecule has 3 rings (SSSR count). The van der Waals surface area contributed by atoms with Crippen LogP contribution >= 0.6 is 39.8 Å². The zero-order valence-electron chi connectivity index (χ0n) is 16.5. The second kappa shape index (κ2) is 10.2. The van der Waals surface area contributed by atoms with Crippen molar-refractivity contribution in [1.29, 1.82) is 0 Å². The molecule has 0 atom stereocenters. The summed E-state index contributed by atoms with van der Waals surface area (Å²) in [6, 6.07) is 8.31. The Morgan fingerprint density at radius 2 is 2.10 bits per heavy atom. The maximum Gasteiger partial charge on any atom is 0.274 e. The zero-order chi connectivity index (χ0) is 22.5. The van der Waals surface area contributed by atoms with E-state index in [1.807, 2.05) is 0 Å². The average molecular weight is 526 g/mol. The number of carbonyl (C=O) groups excluding carboxylic acids is 2. The van der Waals surface area contributed by atoms with Crippen molar-refractivity contribution >= 4 is 57.3 Å². The highest BCUT2D eigenvalue weighted by molar-refractivity contribution is 9.10. The van der Waals surface area contributed by atoms with Crippen LogP contribution in [0.5, 0.6) is 0 Å². The number of aromatic nitrogens is 3. The maximum absolute atomic E-state index is 13.2. The molecule has 162 valence electrons. The molecule has 0 radical (unpaired) electrons. The molecule has 4 N–H and O–H groups in total. The quantitative estimate of drug-likeness (QED) is 0.318. The van der Waals surface area contributed by atoms with E-state index in [-0.39, 0.29) is 23.8 Å². The summed E-state index contributed by atoms with van der Waals surface area (Å²) >= 11 is 10.2. The van der Waals surface area contributed by atoms with Gasteiger partial charge >= 0.3 is 0 Å². The first-order valence-corrected chi connectivity index (χ1v) is 10.8. The van der Waals surface area contributed by atoms with E-state index < -0.39 is 5.91 Å². The minimum absolute atomic E-state index is 0.182. The molecule has 0 fully saturated rings. The van der Waals surface area contributed by atoms with Gasteiger partial charge in [0.25, 0.3) is 11.8 Å². The monoisotopic (exact) mass is 524 g/mol. The number of hydrogen-bond donors (Lipinski definition) is 3. The lowest BCUT2D eigenvalue weighted by Gasteiger charge is -2.16. The predicted molar refractivity (Wildman–Crippen MR) is 123 cm³/mol. The summed E-state index contributed by atoms with van der Waals surface area (Å²) in [7, 11) is 1.51. The minimum atomic E-state index is -0.491. The first kappa shape index (κ1) is 23.2. The van der Waals surface area contributed by atoms with Crippen molar-refractivity contribution in [1.82, 2.24) is 20.1 Å². The Balaban J connectivity index is 2.01. The van der Waals surface area contributed by atoms with Crippen LogP contribution in [0.25, 0.3) is 5.82 Å². The summed E-state index contributed by atoms with van der Waals surface area (Å²) in [6.07, 6.45) is 1.55. The Morgan fingerprint density at radius 1 is 1.32 bits per heavy atom. The van der Waals surface area contributed by atoms with Crippen LogP contribution in [0.2, 0.25) is 5.02 Å². The Hall–Kier alpha value is -2.44. The number of amides is 2. The normalized spacial score (nSPS) is 10.7. The summed E-state index contributed by atoms with van der Waals surface area (Å²) in [5, 5.41) is 15.3. The van der Waals surface area contributed by atoms with E-state index >= 15 is 0 Å². The van der Waals surface area contributed by atoms with Gasteiger partial charge in [0.15, 0.2) is 5.82 Å². The van der Waals surface area contributed by atoms with Crippen LogP contribution in [0, 0.1) is 6.92 Å². The van der Waals surface area contributed by atoms with Gasteiger partial charge in [0.1, 0.15) is 10.3 Å². The number of hydrogen-bond acceptors (Lipinski definition) is 7. The van der Waals surface area contributed by atoms with Crippen molar-refractivity contribution in [2.75, 3.05) is 12.4 Å². The van der Waals surface area contributed by atoms with E-state index in [9.17, 15) is 9.59 Å². The van der Waals surface area contributed by atoms with E-state index in [4.69, 9.17) is 20.9 Å². The summed E-state index contributed by atoms with van der Waals surface area (Å²) in [5.41, 5.74) is 2.25. The molecule has 0 spiro atoms. The molecule has 0 bridgehead atoms. The summed E-state index contributed by atoms with van der Waals surface area (Å²) in [4.78, 5) is 29.9. The maximum atomic E-state index is 13.2. The molecule has 0 saturated carbocycles. The second-order valence-electron chi connectivity index (χ2n) is 6.30. The first-order valence-electron chi connectivity index (χ1n) is 8.87. The van der Waals surface area contributed by atoms with Gasteiger partial charge in [0.2, 0.25) is 0 Å². The van der Waals surface area contributed by atoms with Gasteiger partial charge in [-0.05, 0) is 52.2 Å². The standard InChI is InChI=1S/C19H18BrClN6O3S/c1-10-6-11(9-30-31-22)7-12(18(28)23-2)16(10)25-19(29)14-8-15(20)26-27(14)17-13(21)4-3-5-24-17/h3-8H,9,22H2,1-2H3,(H,23,28)(H,25,29). The van der Waals surface area contributed by atoms with E-state index in [0.717, 1.165) is 17.8 Å². The molecule has 0 aliphatic heterocycles. The molecule has 12 heteroatoms. The van der Waals surface area contributed by atoms with Gasteiger partial charge in [-0.3, -0.25) is 18.9 Å². The zero-order valence-corrected chi connectivity index (χ0v) is 19.6. The molecule has 31 heavy (non-hydrogen) atoms. The molecule has 0 aliphatic carbocycles. The SMILES string of the molecule is CNC(=O)c1cc(COSN)cc(C)c1NC(=O)c1cc(Br)nn1-c1ncccc1Cl. The third-order valence-corrected chi connectivity index (χ3v) is 5.19. The molecular weight excluding hydrogens is 508 g/mol. The third kappa shape index (κ3) is 5.25. The lowest BCUT2D eigenvalue weighted by Crippen LogP contribution is -2.24. The highest BCUT2D eigenvalue weighted by Crippen LogP contribution is 2.26. The number of aryl methyl sites for hydroxylation is 1. The smallest absolute Gasteiger partial charge is 0.274 e. The number of benzene rings is 1. The van der Waals surface area contributed by atoms with E-state index in [1.165, 1.54) is 17.8 Å². The molecule has 2 heterocycles. The molecular formula is C19H18BrClN6O3S. The number of nitrogens with one attached hydrogen (secondary N) is 2. The topological polar surface area (TPSA) is 124 Å². The van der Waals surface area contributed by atoms with E-state index in [2.05, 4.69) is 36.6 Å². The highest BCUT2D eigenvalue weighted by Gasteiger charge is 2.22. The molecule has 0 saturated heterocycles. The molecule has 0 aliphatic rings. The largest absolute Gasteiger partial charge is 0.355 e. The minimum Gasteiger partial charge on any atom is -0.355 e. The molecule has 9 nitrogen and oxygen atoms in total. The predicted octanol–water partition coefficient (Wildman–Crippen LogP) is 3.64. The Kier molecular flexibility index (Phi) is 7.68. The van der Waals surface area contributed by atoms with Crippen molar-refractivity contribution in [2.24, 2.45) is 5.14 Å². The van der Waals surface area contributed by atoms with Crippen LogP contribution in [0.1, 0.15) is 32.0 Å². The Labute approximate surface area is 196 Å². The van der Waals surface area contributed by atoms with Crippen LogP contribution in [0.4, 0.5) is 5.69 Å². The van der Waals surface area contributed by atoms with Crippen molar-refractivity contribution in [3.05, 3.63) is 68.5 Å². The van der Waals surface area contributed by atoms with Gasteiger partial charge in [-0.2, -0.15) is 5.10 Å². The number of carbonyl (C=O) groups is 2. The summed E-state index contributed by atoms with van der Waals surface area (Å²) < 4.78 is 6.91. The van der Waals surface area contributed by atoms with Crippen LogP contribution < -0.4 is 15.8 Å². The fraction of sp³-hybridized carbons (Fsp3) is 0.158. The van der Waals surface area contributed by atoms with Crippen LogP contribution in [0.3, 0.4) is 0 Å². The van der Waals surface area contributed by atoms with Crippen molar-refractivity contribution < 1.29 is 13.8 Å². The molecule has 1 aromatic carbocycles. The first-order chi connectivity index (χ1) is 14.8. The van der Waals surface area contributed by atoms with Crippen molar-refractivity contribution in [3.8, 4) is 5.82 Å². The van der Waals surface area contributed by atoms with Gasteiger partial charge in [-0.25, -0.2) is 9.67 Å². The third-order valence-electron chi connectivity index (χ3n) is 4.25. The molecule has 0 unspecified atom stereocenters. The second-order valence-corrected chi connectivity index (χ2v) is 7.95. The fourth-order valence-electron chi connectivity index (χ4n) is 2.91. The number of nitrogens with zero attached hydrogens (tertiary/aromatic N) is 3. The number of anilines is 1.